The van der Waals surface area contributed by atoms with Crippen molar-refractivity contribution in [3.8, 4) is 0 Å². The highest BCUT2D eigenvalue weighted by atomic mass is 79.9. The van der Waals surface area contributed by atoms with Crippen LogP contribution >= 0.6 is 31.9 Å². The molecule has 4 nitrogen and oxygen atoms in total. The van der Waals surface area contributed by atoms with Gasteiger partial charge in [-0.25, -0.2) is 9.97 Å². The highest BCUT2D eigenvalue weighted by molar-refractivity contribution is 9.11. The quantitative estimate of drug-likeness (QED) is 0.913. The fraction of sp³-hybridized carbons (Fsp3) is 0.500. The number of carbonyl (C=O) groups is 1. The fourth-order valence-electron chi connectivity index (χ4n) is 1.47. The summed E-state index contributed by atoms with van der Waals surface area (Å²) in [6.45, 7) is 1.95. The van der Waals surface area contributed by atoms with E-state index in [-0.39, 0.29) is 11.8 Å². The van der Waals surface area contributed by atoms with Crippen molar-refractivity contribution in [2.45, 2.75) is 19.8 Å². The third kappa shape index (κ3) is 2.79. The van der Waals surface area contributed by atoms with Crippen LogP contribution in [0.3, 0.4) is 0 Å². The van der Waals surface area contributed by atoms with Gasteiger partial charge in [-0.3, -0.25) is 4.79 Å². The van der Waals surface area contributed by atoms with Crippen LogP contribution in [-0.4, -0.2) is 15.9 Å². The molecule has 0 radical (unpaired) electrons. The lowest BCUT2D eigenvalue weighted by atomic mass is 10.1. The van der Waals surface area contributed by atoms with Crippen LogP contribution in [0.5, 0.6) is 0 Å². The number of nitrogens with zero attached hydrogens (tertiary/aromatic N) is 2. The third-order valence-corrected chi connectivity index (χ3v) is 3.62. The van der Waals surface area contributed by atoms with Gasteiger partial charge in [0.05, 0.1) is 6.20 Å². The van der Waals surface area contributed by atoms with E-state index in [2.05, 4.69) is 47.1 Å². The summed E-state index contributed by atoms with van der Waals surface area (Å²) in [5, 5.41) is 2.78. The predicted molar refractivity (Wildman–Crippen MR) is 67.9 cm³/mol. The van der Waals surface area contributed by atoms with E-state index in [4.69, 9.17) is 0 Å². The smallest absolute Gasteiger partial charge is 0.228 e. The van der Waals surface area contributed by atoms with Gasteiger partial charge >= 0.3 is 0 Å². The Morgan fingerprint density at radius 1 is 1.56 bits per heavy atom. The maximum Gasteiger partial charge on any atom is 0.228 e. The van der Waals surface area contributed by atoms with E-state index in [1.54, 1.807) is 6.20 Å². The maximum absolute atomic E-state index is 11.8. The van der Waals surface area contributed by atoms with Crippen LogP contribution in [0.2, 0.25) is 0 Å². The molecule has 16 heavy (non-hydrogen) atoms. The second-order valence-electron chi connectivity index (χ2n) is 3.95. The van der Waals surface area contributed by atoms with E-state index in [1.807, 2.05) is 6.92 Å². The Kier molecular flexibility index (Phi) is 3.59. The first-order valence-corrected chi connectivity index (χ1v) is 6.65. The van der Waals surface area contributed by atoms with Gasteiger partial charge in [0.2, 0.25) is 5.91 Å². The lowest BCUT2D eigenvalue weighted by Crippen LogP contribution is -2.22. The molecule has 0 saturated heterocycles. The van der Waals surface area contributed by atoms with Crippen molar-refractivity contribution in [1.82, 2.24) is 9.97 Å². The Hall–Kier alpha value is -0.490. The van der Waals surface area contributed by atoms with Crippen molar-refractivity contribution in [3.63, 3.8) is 0 Å². The minimum atomic E-state index is 0.0137. The SMILES string of the molecule is CC(C(=O)Nc1ncc(Br)nc1Br)C1CC1. The summed E-state index contributed by atoms with van der Waals surface area (Å²) in [6, 6.07) is 0. The minimum absolute atomic E-state index is 0.0137. The second kappa shape index (κ2) is 4.79. The monoisotopic (exact) mass is 347 g/mol. The zero-order valence-electron chi connectivity index (χ0n) is 8.70. The van der Waals surface area contributed by atoms with Crippen molar-refractivity contribution in [3.05, 3.63) is 15.4 Å². The number of hydrogen-bond donors (Lipinski definition) is 1. The molecule has 1 aliphatic carbocycles. The normalized spacial score (nSPS) is 16.9. The van der Waals surface area contributed by atoms with Crippen LogP contribution in [0.4, 0.5) is 5.82 Å². The molecule has 1 N–H and O–H groups in total. The molecule has 0 spiro atoms. The molecule has 1 heterocycles. The number of halogens is 2. The summed E-state index contributed by atoms with van der Waals surface area (Å²) in [5.41, 5.74) is 0. The molecule has 1 atom stereocenters. The van der Waals surface area contributed by atoms with Gasteiger partial charge in [0.25, 0.3) is 0 Å². The van der Waals surface area contributed by atoms with Gasteiger partial charge in [-0.05, 0) is 50.6 Å². The first kappa shape index (κ1) is 12.0. The summed E-state index contributed by atoms with van der Waals surface area (Å²) in [7, 11) is 0. The number of aromatic nitrogens is 2. The molecular weight excluding hydrogens is 338 g/mol. The first-order valence-electron chi connectivity index (χ1n) is 5.07. The molecule has 1 aromatic rings. The van der Waals surface area contributed by atoms with Gasteiger partial charge in [0.1, 0.15) is 9.21 Å². The fourth-order valence-corrected chi connectivity index (χ4v) is 2.38. The van der Waals surface area contributed by atoms with Crippen molar-refractivity contribution in [1.29, 1.82) is 0 Å². The molecule has 1 saturated carbocycles. The summed E-state index contributed by atoms with van der Waals surface area (Å²) < 4.78 is 1.17. The average Bonchev–Trinajstić information content (AvgIpc) is 3.04. The van der Waals surface area contributed by atoms with Crippen LogP contribution in [-0.2, 0) is 4.79 Å². The van der Waals surface area contributed by atoms with Crippen molar-refractivity contribution >= 4 is 43.6 Å². The standard InChI is InChI=1S/C10H11Br2N3O/c1-5(6-2-3-6)10(16)15-9-8(12)14-7(11)4-13-9/h4-6H,2-3H2,1H3,(H,13,15,16). The van der Waals surface area contributed by atoms with E-state index >= 15 is 0 Å². The van der Waals surface area contributed by atoms with Gasteiger partial charge in [-0.1, -0.05) is 6.92 Å². The third-order valence-electron chi connectivity index (χ3n) is 2.68. The number of hydrogen-bond acceptors (Lipinski definition) is 3. The van der Waals surface area contributed by atoms with Gasteiger partial charge < -0.3 is 5.32 Å². The summed E-state index contributed by atoms with van der Waals surface area (Å²) in [6.07, 6.45) is 3.87. The molecule has 1 aromatic heterocycles. The molecule has 0 aromatic carbocycles. The number of carbonyl (C=O) groups excluding carboxylic acids is 1. The summed E-state index contributed by atoms with van der Waals surface area (Å²) in [4.78, 5) is 20.0. The molecule has 86 valence electrons. The Bertz CT molecular complexity index is 421. The highest BCUT2D eigenvalue weighted by Gasteiger charge is 2.32. The Labute approximate surface area is 111 Å². The van der Waals surface area contributed by atoms with Crippen molar-refractivity contribution in [2.24, 2.45) is 11.8 Å². The second-order valence-corrected chi connectivity index (χ2v) is 5.51. The van der Waals surface area contributed by atoms with Crippen LogP contribution in [0.25, 0.3) is 0 Å². The molecule has 0 aliphatic heterocycles. The molecule has 6 heteroatoms. The number of anilines is 1. The minimum Gasteiger partial charge on any atom is -0.308 e. The Morgan fingerprint density at radius 2 is 2.25 bits per heavy atom. The largest absolute Gasteiger partial charge is 0.308 e. The number of nitrogens with one attached hydrogen (secondary N) is 1. The molecular formula is C10H11Br2N3O. The van der Waals surface area contributed by atoms with Crippen LogP contribution in [0, 0.1) is 11.8 Å². The highest BCUT2D eigenvalue weighted by Crippen LogP contribution is 2.37. The lowest BCUT2D eigenvalue weighted by Gasteiger charge is -2.10. The molecule has 1 aliphatic rings. The maximum atomic E-state index is 11.8. The van der Waals surface area contributed by atoms with Gasteiger partial charge in [0.15, 0.2) is 5.82 Å². The van der Waals surface area contributed by atoms with E-state index < -0.39 is 0 Å². The molecule has 1 amide bonds. The van der Waals surface area contributed by atoms with E-state index in [9.17, 15) is 4.79 Å². The van der Waals surface area contributed by atoms with Crippen LogP contribution < -0.4 is 5.32 Å². The van der Waals surface area contributed by atoms with Gasteiger partial charge in [-0.15, -0.1) is 0 Å². The van der Waals surface area contributed by atoms with Crippen molar-refractivity contribution < 1.29 is 4.79 Å². The number of amides is 1. The molecule has 1 unspecified atom stereocenters. The molecule has 0 bridgehead atoms. The van der Waals surface area contributed by atoms with E-state index in [0.29, 0.717) is 20.9 Å². The summed E-state index contributed by atoms with van der Waals surface area (Å²) in [5.74, 6) is 1.08. The molecule has 1 fully saturated rings. The zero-order chi connectivity index (χ0) is 11.7. The first-order chi connectivity index (χ1) is 7.58. The Balaban J connectivity index is 2.05. The van der Waals surface area contributed by atoms with Gasteiger partial charge in [-0.2, -0.15) is 0 Å². The zero-order valence-corrected chi connectivity index (χ0v) is 11.9. The molecule has 2 rings (SSSR count). The average molecular weight is 349 g/mol. The van der Waals surface area contributed by atoms with Crippen LogP contribution in [0.1, 0.15) is 19.8 Å². The van der Waals surface area contributed by atoms with Gasteiger partial charge in [0, 0.05) is 5.92 Å². The lowest BCUT2D eigenvalue weighted by molar-refractivity contribution is -0.119. The Morgan fingerprint density at radius 3 is 2.81 bits per heavy atom. The summed E-state index contributed by atoms with van der Waals surface area (Å²) >= 11 is 6.47. The topological polar surface area (TPSA) is 54.9 Å². The van der Waals surface area contributed by atoms with Crippen molar-refractivity contribution in [2.75, 3.05) is 5.32 Å². The van der Waals surface area contributed by atoms with E-state index in [0.717, 1.165) is 12.8 Å². The predicted octanol–water partition coefficient (Wildman–Crippen LogP) is 2.99. The van der Waals surface area contributed by atoms with Crippen LogP contribution in [0.15, 0.2) is 15.4 Å². The van der Waals surface area contributed by atoms with E-state index in [1.165, 1.54) is 0 Å². The number of rotatable bonds is 3.